The third-order valence-corrected chi connectivity index (χ3v) is 8.88. The van der Waals surface area contributed by atoms with Crippen molar-refractivity contribution in [3.63, 3.8) is 0 Å². The average Bonchev–Trinajstić information content (AvgIpc) is 3.07. The van der Waals surface area contributed by atoms with E-state index >= 15 is 0 Å². The van der Waals surface area contributed by atoms with Gasteiger partial charge in [-0.2, -0.15) is 0 Å². The van der Waals surface area contributed by atoms with Crippen LogP contribution in [0.15, 0.2) is 15.0 Å². The maximum atomic E-state index is 4.48. The van der Waals surface area contributed by atoms with Gasteiger partial charge in [0.1, 0.15) is 0 Å². The number of hydrogen-bond acceptors (Lipinski definition) is 3. The minimum Gasteiger partial charge on any atom is -0.369 e. The van der Waals surface area contributed by atoms with Gasteiger partial charge in [0.2, 0.25) is 0 Å². The largest absolute Gasteiger partial charge is 0.369 e. The lowest BCUT2D eigenvalue weighted by Crippen LogP contribution is -2.30. The van der Waals surface area contributed by atoms with Gasteiger partial charge in [0.15, 0.2) is 0 Å². The maximum Gasteiger partial charge on any atom is 0.0954 e. The Morgan fingerprint density at radius 3 is 1.34 bits per heavy atom. The van der Waals surface area contributed by atoms with Crippen molar-refractivity contribution in [1.29, 1.82) is 0 Å². The van der Waals surface area contributed by atoms with Crippen molar-refractivity contribution in [2.24, 2.45) is 15.0 Å². The average molecular weight is 663 g/mol. The Labute approximate surface area is 296 Å². The van der Waals surface area contributed by atoms with Crippen LogP contribution in [0.2, 0.25) is 0 Å². The Bertz CT molecular complexity index is 673. The van der Waals surface area contributed by atoms with Crippen LogP contribution in [0.1, 0.15) is 188 Å². The second-order valence-corrected chi connectivity index (χ2v) is 14.3. The molecule has 280 valence electrons. The van der Waals surface area contributed by atoms with E-state index in [0.717, 1.165) is 6.54 Å². The molecule has 6 heteroatoms. The summed E-state index contributed by atoms with van der Waals surface area (Å²) in [5.41, 5.74) is 0. The van der Waals surface area contributed by atoms with E-state index in [1.54, 1.807) is 0 Å². The van der Waals surface area contributed by atoms with Crippen molar-refractivity contribution in [1.82, 2.24) is 14.7 Å². The predicted octanol–water partition coefficient (Wildman–Crippen LogP) is 11.7. The number of unbranched alkanes of at least 4 members (excludes halogenated alkanes) is 17. The van der Waals surface area contributed by atoms with Gasteiger partial charge in [-0.25, -0.2) is 0 Å². The lowest BCUT2D eigenvalue weighted by Gasteiger charge is -2.23. The van der Waals surface area contributed by atoms with Gasteiger partial charge in [-0.05, 0) is 39.0 Å². The highest BCUT2D eigenvalue weighted by atomic mass is 15.2. The Hall–Kier alpha value is -1.59. The van der Waals surface area contributed by atoms with E-state index in [9.17, 15) is 0 Å². The van der Waals surface area contributed by atoms with Crippen LogP contribution >= 0.6 is 0 Å². The minimum absolute atomic E-state index is 0.617. The Balaban J connectivity index is 0. The third kappa shape index (κ3) is 38.7. The molecule has 1 aliphatic rings. The third-order valence-electron chi connectivity index (χ3n) is 8.88. The number of hydrogen-bond donors (Lipinski definition) is 0. The zero-order chi connectivity index (χ0) is 35.2. The number of nitrogens with zero attached hydrogens (tertiary/aromatic N) is 6. The van der Waals surface area contributed by atoms with Crippen molar-refractivity contribution < 1.29 is 0 Å². The first-order chi connectivity index (χ1) is 22.8. The van der Waals surface area contributed by atoms with Gasteiger partial charge >= 0.3 is 0 Å². The summed E-state index contributed by atoms with van der Waals surface area (Å²) in [5.74, 6) is 1.18. The van der Waals surface area contributed by atoms with Crippen LogP contribution in [-0.2, 0) is 0 Å². The van der Waals surface area contributed by atoms with E-state index in [4.69, 9.17) is 0 Å². The molecule has 6 nitrogen and oxygen atoms in total. The molecule has 0 saturated heterocycles. The van der Waals surface area contributed by atoms with Crippen molar-refractivity contribution in [2.75, 3.05) is 54.9 Å². The predicted molar refractivity (Wildman–Crippen MR) is 216 cm³/mol. The van der Waals surface area contributed by atoms with Gasteiger partial charge < -0.3 is 14.7 Å². The van der Waals surface area contributed by atoms with Crippen molar-refractivity contribution in [3.8, 4) is 0 Å². The summed E-state index contributed by atoms with van der Waals surface area (Å²) in [4.78, 5) is 19.5. The summed E-state index contributed by atoms with van der Waals surface area (Å²) in [6, 6.07) is 0.617. The molecule has 1 rings (SSSR count). The molecule has 0 atom stereocenters. The van der Waals surface area contributed by atoms with E-state index in [-0.39, 0.29) is 0 Å². The first-order valence-electron chi connectivity index (χ1n) is 20.4. The molecule has 1 saturated carbocycles. The van der Waals surface area contributed by atoms with E-state index < -0.39 is 0 Å². The van der Waals surface area contributed by atoms with Crippen LogP contribution in [0, 0.1) is 0 Å². The molecule has 0 aromatic carbocycles. The fraction of sp³-hybridized carbons (Fsp3) is 0.927. The summed E-state index contributed by atoms with van der Waals surface area (Å²) >= 11 is 0. The van der Waals surface area contributed by atoms with Crippen molar-refractivity contribution >= 4 is 18.5 Å². The Morgan fingerprint density at radius 1 is 0.553 bits per heavy atom. The fourth-order valence-corrected chi connectivity index (χ4v) is 5.70. The van der Waals surface area contributed by atoms with Crippen LogP contribution < -0.4 is 0 Å². The molecule has 0 spiro atoms. The molecule has 0 heterocycles. The monoisotopic (exact) mass is 663 g/mol. The Kier molecular flexibility index (Phi) is 39.3. The minimum atomic E-state index is 0.617. The number of amidine groups is 1. The summed E-state index contributed by atoms with van der Waals surface area (Å²) in [6.45, 7) is 12.2. The molecule has 0 N–H and O–H groups in total. The van der Waals surface area contributed by atoms with Gasteiger partial charge in [0.05, 0.1) is 24.6 Å². The molecule has 0 aromatic heterocycles. The van der Waals surface area contributed by atoms with E-state index in [1.165, 1.54) is 179 Å². The maximum absolute atomic E-state index is 4.48. The second kappa shape index (κ2) is 38.9. The summed E-state index contributed by atoms with van der Waals surface area (Å²) < 4.78 is 0. The zero-order valence-corrected chi connectivity index (χ0v) is 33.7. The molecule has 0 aliphatic heterocycles. The lowest BCUT2D eigenvalue weighted by molar-refractivity contribution is 0.396. The molecule has 0 amide bonds. The van der Waals surface area contributed by atoms with E-state index in [2.05, 4.69) is 47.6 Å². The van der Waals surface area contributed by atoms with Crippen LogP contribution in [-0.4, -0.2) is 94.1 Å². The second-order valence-electron chi connectivity index (χ2n) is 14.3. The lowest BCUT2D eigenvalue weighted by atomic mass is 9.96. The highest BCUT2D eigenvalue weighted by Crippen LogP contribution is 2.19. The van der Waals surface area contributed by atoms with Crippen molar-refractivity contribution in [2.45, 2.75) is 194 Å². The molecular weight excluding hydrogens is 576 g/mol. The normalized spacial score (nSPS) is 13.8. The Morgan fingerprint density at radius 2 is 0.957 bits per heavy atom. The van der Waals surface area contributed by atoms with Gasteiger partial charge in [0, 0.05) is 54.9 Å². The van der Waals surface area contributed by atoms with E-state index in [0.29, 0.717) is 6.04 Å². The van der Waals surface area contributed by atoms with Crippen LogP contribution in [0.3, 0.4) is 0 Å². The van der Waals surface area contributed by atoms with Gasteiger partial charge in [-0.3, -0.25) is 15.0 Å². The fourth-order valence-electron chi connectivity index (χ4n) is 5.70. The first kappa shape index (κ1) is 47.5. The van der Waals surface area contributed by atoms with Crippen molar-refractivity contribution in [3.05, 3.63) is 0 Å². The van der Waals surface area contributed by atoms with Gasteiger partial charge in [-0.15, -0.1) is 0 Å². The quantitative estimate of drug-likeness (QED) is 0.0526. The zero-order valence-electron chi connectivity index (χ0n) is 33.7. The molecule has 1 fully saturated rings. The topological polar surface area (TPSA) is 46.8 Å². The standard InChI is InChI=1S/C21H44N2.C11H24N2.C9H18N2/c1-4-5-6-7-8-9-10-11-12-13-14-15-16-17-18-19-20-22-21-23(2)3;1-5-7-9-13(10-8-6-2)11(3)12-4;1-11(2)8-10-9-6-4-3-5-7-9/h21H,4-20H2,1-3H3;5-10H2,1-4H3;8-9H,3-7H2,1-2H3. The first-order valence-corrected chi connectivity index (χ1v) is 20.4. The SMILES string of the molecule is CCCCCCCCCCCCCCCCCCN=CN(C)C.CCCCN(CCCC)C(C)=NC.CN(C)C=NC1CCCCC1. The molecule has 47 heavy (non-hydrogen) atoms. The molecule has 0 radical (unpaired) electrons. The summed E-state index contributed by atoms with van der Waals surface area (Å²) in [5, 5.41) is 0. The summed E-state index contributed by atoms with van der Waals surface area (Å²) in [7, 11) is 9.97. The van der Waals surface area contributed by atoms with Crippen LogP contribution in [0.5, 0.6) is 0 Å². The number of rotatable bonds is 26. The molecule has 0 unspecified atom stereocenters. The van der Waals surface area contributed by atoms with Crippen LogP contribution in [0.25, 0.3) is 0 Å². The molecular formula is C41H86N6. The molecule has 0 bridgehead atoms. The smallest absolute Gasteiger partial charge is 0.0954 e. The highest BCUT2D eigenvalue weighted by molar-refractivity contribution is 5.79. The van der Waals surface area contributed by atoms with Crippen LogP contribution in [0.4, 0.5) is 0 Å². The van der Waals surface area contributed by atoms with E-state index in [1.807, 2.05) is 57.7 Å². The highest BCUT2D eigenvalue weighted by Gasteiger charge is 2.10. The van der Waals surface area contributed by atoms with Gasteiger partial charge in [0.25, 0.3) is 0 Å². The summed E-state index contributed by atoms with van der Waals surface area (Å²) in [6.07, 6.45) is 38.5. The van der Waals surface area contributed by atoms with Gasteiger partial charge in [-0.1, -0.05) is 149 Å². The molecule has 0 aromatic rings. The number of aliphatic imine (C=N–C) groups is 3. The molecule has 1 aliphatic carbocycles.